The van der Waals surface area contributed by atoms with E-state index in [1.54, 1.807) is 54.6 Å². The Bertz CT molecular complexity index is 1400. The molecule has 0 spiro atoms. The molecule has 1 saturated heterocycles. The number of methoxy groups -OCH3 is 1. The number of ether oxygens (including phenoxy) is 2. The van der Waals surface area contributed by atoms with Gasteiger partial charge in [-0.2, -0.15) is 0 Å². The lowest BCUT2D eigenvalue weighted by molar-refractivity contribution is -0.127. The zero-order chi connectivity index (χ0) is 27.1. The van der Waals surface area contributed by atoms with Crippen molar-refractivity contribution in [3.05, 3.63) is 88.8 Å². The number of benzene rings is 3. The molecule has 10 heteroatoms. The maximum absolute atomic E-state index is 12.8. The smallest absolute Gasteiger partial charge is 0.294 e. The van der Waals surface area contributed by atoms with Crippen LogP contribution in [0.25, 0.3) is 6.08 Å². The van der Waals surface area contributed by atoms with Crippen molar-refractivity contribution in [3.63, 3.8) is 0 Å². The van der Waals surface area contributed by atoms with Crippen molar-refractivity contribution in [1.29, 1.82) is 0 Å². The first-order valence-electron chi connectivity index (χ1n) is 11.6. The van der Waals surface area contributed by atoms with Crippen molar-refractivity contribution in [2.45, 2.75) is 6.92 Å². The summed E-state index contributed by atoms with van der Waals surface area (Å²) in [7, 11) is 1.48. The summed E-state index contributed by atoms with van der Waals surface area (Å²) in [5, 5.41) is 4.92. The summed E-state index contributed by atoms with van der Waals surface area (Å²) in [4.78, 5) is 51.0. The third-order valence-electron chi connectivity index (χ3n) is 5.52. The van der Waals surface area contributed by atoms with Crippen LogP contribution in [-0.2, 0) is 14.4 Å². The molecule has 194 valence electrons. The van der Waals surface area contributed by atoms with Crippen LogP contribution in [0.3, 0.4) is 0 Å². The number of para-hydroxylation sites is 3. The number of aryl methyl sites for hydroxylation is 1. The van der Waals surface area contributed by atoms with Gasteiger partial charge in [-0.15, -0.1) is 0 Å². The summed E-state index contributed by atoms with van der Waals surface area (Å²) in [5.41, 5.74) is 2.78. The van der Waals surface area contributed by atoms with Gasteiger partial charge < -0.3 is 20.1 Å². The van der Waals surface area contributed by atoms with Gasteiger partial charge in [0.1, 0.15) is 18.0 Å². The van der Waals surface area contributed by atoms with Crippen molar-refractivity contribution in [3.8, 4) is 11.5 Å². The number of carbonyl (C=O) groups is 4. The Hall–Kier alpha value is -4.57. The Kier molecular flexibility index (Phi) is 8.44. The van der Waals surface area contributed by atoms with Gasteiger partial charge in [0.05, 0.1) is 17.7 Å². The van der Waals surface area contributed by atoms with Crippen molar-refractivity contribution < 1.29 is 28.7 Å². The second-order valence-electron chi connectivity index (χ2n) is 8.24. The molecule has 4 amide bonds. The van der Waals surface area contributed by atoms with Crippen LogP contribution in [0, 0.1) is 6.92 Å². The summed E-state index contributed by atoms with van der Waals surface area (Å²) in [6.07, 6.45) is 1.57. The summed E-state index contributed by atoms with van der Waals surface area (Å²) in [5.74, 6) is -0.418. The van der Waals surface area contributed by atoms with Crippen molar-refractivity contribution >= 4 is 52.2 Å². The molecule has 0 unspecified atom stereocenters. The minimum absolute atomic E-state index is 0.163. The molecule has 0 bridgehead atoms. The lowest BCUT2D eigenvalue weighted by Crippen LogP contribution is -2.36. The highest BCUT2D eigenvalue weighted by atomic mass is 32.2. The first kappa shape index (κ1) is 26.5. The summed E-state index contributed by atoms with van der Waals surface area (Å²) < 4.78 is 10.7. The van der Waals surface area contributed by atoms with Crippen LogP contribution < -0.4 is 20.1 Å². The highest BCUT2D eigenvalue weighted by Gasteiger charge is 2.36. The van der Waals surface area contributed by atoms with Crippen LogP contribution in [0.4, 0.5) is 16.2 Å². The topological polar surface area (TPSA) is 114 Å². The third-order valence-corrected chi connectivity index (χ3v) is 6.43. The quantitative estimate of drug-likeness (QED) is 0.385. The molecular weight excluding hydrogens is 506 g/mol. The Morgan fingerprint density at radius 3 is 2.26 bits per heavy atom. The first-order valence-corrected chi connectivity index (χ1v) is 12.4. The number of amides is 4. The molecule has 0 radical (unpaired) electrons. The maximum atomic E-state index is 12.8. The second kappa shape index (κ2) is 12.1. The largest absolute Gasteiger partial charge is 0.495 e. The van der Waals surface area contributed by atoms with Crippen LogP contribution in [0.2, 0.25) is 0 Å². The normalized spacial score (nSPS) is 13.9. The highest BCUT2D eigenvalue weighted by molar-refractivity contribution is 8.18. The lowest BCUT2D eigenvalue weighted by Gasteiger charge is -2.14. The van der Waals surface area contributed by atoms with E-state index in [-0.39, 0.29) is 17.4 Å². The van der Waals surface area contributed by atoms with Crippen molar-refractivity contribution in [2.24, 2.45) is 0 Å². The number of nitrogens with one attached hydrogen (secondary N) is 2. The van der Waals surface area contributed by atoms with Gasteiger partial charge in [0.25, 0.3) is 17.1 Å². The van der Waals surface area contributed by atoms with E-state index < -0.39 is 23.6 Å². The fraction of sp³-hybridized carbons (Fsp3) is 0.143. The second-order valence-corrected chi connectivity index (χ2v) is 9.23. The molecule has 0 atom stereocenters. The molecule has 3 aromatic rings. The number of rotatable bonds is 9. The first-order chi connectivity index (χ1) is 18.3. The minimum Gasteiger partial charge on any atom is -0.495 e. The lowest BCUT2D eigenvalue weighted by atomic mass is 10.2. The number of carbonyl (C=O) groups excluding carboxylic acids is 4. The average molecular weight is 532 g/mol. The zero-order valence-corrected chi connectivity index (χ0v) is 21.5. The van der Waals surface area contributed by atoms with Gasteiger partial charge in [-0.25, -0.2) is 0 Å². The fourth-order valence-electron chi connectivity index (χ4n) is 3.58. The molecule has 1 aliphatic heterocycles. The van der Waals surface area contributed by atoms with E-state index in [1.165, 1.54) is 7.11 Å². The van der Waals surface area contributed by atoms with Gasteiger partial charge >= 0.3 is 0 Å². The molecule has 2 N–H and O–H groups in total. The maximum Gasteiger partial charge on any atom is 0.294 e. The monoisotopic (exact) mass is 531 g/mol. The van der Waals surface area contributed by atoms with E-state index in [9.17, 15) is 19.2 Å². The third kappa shape index (κ3) is 6.60. The van der Waals surface area contributed by atoms with E-state index in [2.05, 4.69) is 10.6 Å². The molecule has 1 heterocycles. The minimum atomic E-state index is -0.552. The van der Waals surface area contributed by atoms with Gasteiger partial charge in [-0.1, -0.05) is 42.5 Å². The molecule has 4 rings (SSSR count). The zero-order valence-electron chi connectivity index (χ0n) is 20.7. The van der Waals surface area contributed by atoms with E-state index in [1.807, 2.05) is 31.2 Å². The predicted octanol–water partition coefficient (Wildman–Crippen LogP) is 4.70. The van der Waals surface area contributed by atoms with Crippen molar-refractivity contribution in [1.82, 2.24) is 4.90 Å². The molecule has 9 nitrogen and oxygen atoms in total. The van der Waals surface area contributed by atoms with E-state index in [0.717, 1.165) is 27.9 Å². The van der Waals surface area contributed by atoms with Gasteiger partial charge in [-0.05, 0) is 66.2 Å². The van der Waals surface area contributed by atoms with Crippen LogP contribution in [-0.4, -0.2) is 48.1 Å². The Morgan fingerprint density at radius 2 is 1.55 bits per heavy atom. The Morgan fingerprint density at radius 1 is 0.895 bits per heavy atom. The number of hydrogen-bond acceptors (Lipinski definition) is 7. The highest BCUT2D eigenvalue weighted by Crippen LogP contribution is 2.32. The number of imide groups is 1. The molecule has 1 fully saturated rings. The van der Waals surface area contributed by atoms with Gasteiger partial charge in [0, 0.05) is 5.69 Å². The molecule has 1 aliphatic rings. The summed E-state index contributed by atoms with van der Waals surface area (Å²) >= 11 is 0.763. The van der Waals surface area contributed by atoms with Crippen LogP contribution >= 0.6 is 11.8 Å². The van der Waals surface area contributed by atoms with E-state index in [0.29, 0.717) is 22.7 Å². The van der Waals surface area contributed by atoms with Crippen LogP contribution in [0.1, 0.15) is 11.1 Å². The molecular formula is C28H25N3O6S. The number of nitrogens with zero attached hydrogens (tertiary/aromatic N) is 1. The SMILES string of the molecule is COc1ccccc1NC(=O)CN1C(=O)S/C(=C\c2ccc(OCC(=O)Nc3ccccc3C)cc2)C1=O. The Labute approximate surface area is 223 Å². The average Bonchev–Trinajstić information content (AvgIpc) is 3.17. The predicted molar refractivity (Wildman–Crippen MR) is 146 cm³/mol. The number of hydrogen-bond donors (Lipinski definition) is 2. The molecule has 3 aromatic carbocycles. The van der Waals surface area contributed by atoms with E-state index in [4.69, 9.17) is 9.47 Å². The molecule has 0 aliphatic carbocycles. The van der Waals surface area contributed by atoms with Gasteiger partial charge in [0.15, 0.2) is 6.61 Å². The standard InChI is InChI=1S/C28H25N3O6S/c1-18-7-3-4-8-21(18)29-26(33)17-37-20-13-11-19(12-14-20)15-24-27(34)31(28(35)38-24)16-25(32)30-22-9-5-6-10-23(22)36-2/h3-15H,16-17H2,1-2H3,(H,29,33)(H,30,32)/b24-15-. The molecule has 0 aromatic heterocycles. The molecule has 38 heavy (non-hydrogen) atoms. The summed E-state index contributed by atoms with van der Waals surface area (Å²) in [6.45, 7) is 1.32. The van der Waals surface area contributed by atoms with E-state index >= 15 is 0 Å². The van der Waals surface area contributed by atoms with Crippen LogP contribution in [0.15, 0.2) is 77.7 Å². The number of anilines is 2. The Balaban J connectivity index is 1.32. The van der Waals surface area contributed by atoms with Crippen molar-refractivity contribution in [2.75, 3.05) is 30.9 Å². The van der Waals surface area contributed by atoms with Gasteiger partial charge in [0.2, 0.25) is 5.91 Å². The number of thioether (sulfide) groups is 1. The fourth-order valence-corrected chi connectivity index (χ4v) is 4.42. The van der Waals surface area contributed by atoms with Crippen LogP contribution in [0.5, 0.6) is 11.5 Å². The molecule has 0 saturated carbocycles. The summed E-state index contributed by atoms with van der Waals surface area (Å²) in [6, 6.07) is 21.0. The van der Waals surface area contributed by atoms with Gasteiger partial charge in [-0.3, -0.25) is 24.1 Å².